The molecule has 0 aliphatic carbocycles. The van der Waals surface area contributed by atoms with Gasteiger partial charge in [-0.05, 0) is 12.0 Å². The van der Waals surface area contributed by atoms with E-state index in [1.807, 2.05) is 6.92 Å². The number of rotatable bonds is 7. The highest BCUT2D eigenvalue weighted by Crippen LogP contribution is 2.28. The Bertz CT molecular complexity index is 784. The smallest absolute Gasteiger partial charge is 0.282 e. The number of carbonyl (C=O) groups is 1. The van der Waals surface area contributed by atoms with Crippen molar-refractivity contribution in [2.45, 2.75) is 39.3 Å². The Balaban J connectivity index is 1.89. The zero-order valence-electron chi connectivity index (χ0n) is 13.5. The van der Waals surface area contributed by atoms with Crippen LogP contribution in [-0.2, 0) is 22.7 Å². The van der Waals surface area contributed by atoms with Crippen molar-refractivity contribution in [1.82, 2.24) is 19.5 Å². The molecule has 0 saturated carbocycles. The van der Waals surface area contributed by atoms with Gasteiger partial charge in [0.25, 0.3) is 6.43 Å². The lowest BCUT2D eigenvalue weighted by atomic mass is 10.1. The lowest BCUT2D eigenvalue weighted by Gasteiger charge is -2.16. The Morgan fingerprint density at radius 3 is 2.92 bits per heavy atom. The second-order valence-corrected chi connectivity index (χ2v) is 6.66. The lowest BCUT2D eigenvalue weighted by Crippen LogP contribution is -2.26. The van der Waals surface area contributed by atoms with E-state index < -0.39 is 6.43 Å². The third-order valence-electron chi connectivity index (χ3n) is 3.79. The maximum Gasteiger partial charge on any atom is 0.282 e. The number of fused-ring (bicyclic) bond motifs is 1. The first kappa shape index (κ1) is 17.0. The number of carbonyl (C=O) groups excluding carboxylic acids is 1. The molecule has 9 heteroatoms. The molecule has 0 radical (unpaired) electrons. The number of ether oxygens (including phenoxy) is 1. The first-order valence-corrected chi connectivity index (χ1v) is 8.47. The van der Waals surface area contributed by atoms with Crippen molar-refractivity contribution in [2.75, 3.05) is 13.7 Å². The molecule has 1 aliphatic rings. The average Bonchev–Trinajstić information content (AvgIpc) is 3.15. The molecular formula is C15H18F2N4O2S. The van der Waals surface area contributed by atoms with Crippen LogP contribution in [0, 0.1) is 0 Å². The van der Waals surface area contributed by atoms with Gasteiger partial charge in [-0.15, -0.1) is 0 Å². The molecule has 0 bridgehead atoms. The van der Waals surface area contributed by atoms with Crippen LogP contribution in [0.5, 0.6) is 0 Å². The maximum atomic E-state index is 13.3. The molecule has 1 aliphatic heterocycles. The predicted molar refractivity (Wildman–Crippen MR) is 84.9 cm³/mol. The van der Waals surface area contributed by atoms with Gasteiger partial charge in [-0.3, -0.25) is 4.79 Å². The Morgan fingerprint density at radius 2 is 2.25 bits per heavy atom. The second kappa shape index (κ2) is 6.94. The number of hydrogen-bond acceptors (Lipinski definition) is 5. The summed E-state index contributed by atoms with van der Waals surface area (Å²) in [6.45, 7) is 2.87. The SMILES string of the molecule is CCCC1=CC(=O)N(Cc2c(C(F)F)nc3sc(COC)nn23)C1. The summed E-state index contributed by atoms with van der Waals surface area (Å²) in [7, 11) is 1.54. The summed E-state index contributed by atoms with van der Waals surface area (Å²) in [6, 6.07) is 0. The molecule has 24 heavy (non-hydrogen) atoms. The molecule has 3 heterocycles. The van der Waals surface area contributed by atoms with Crippen molar-refractivity contribution >= 4 is 22.2 Å². The van der Waals surface area contributed by atoms with Crippen LogP contribution in [0.3, 0.4) is 0 Å². The molecule has 6 nitrogen and oxygen atoms in total. The van der Waals surface area contributed by atoms with E-state index in [0.29, 0.717) is 23.1 Å². The third kappa shape index (κ3) is 3.18. The molecule has 0 N–H and O–H groups in total. The normalized spacial score (nSPS) is 15.1. The van der Waals surface area contributed by atoms with Crippen LogP contribution >= 0.6 is 11.3 Å². The Hall–Kier alpha value is -1.87. The molecule has 0 fully saturated rings. The van der Waals surface area contributed by atoms with E-state index in [0.717, 1.165) is 18.4 Å². The number of amides is 1. The van der Waals surface area contributed by atoms with Crippen LogP contribution in [-0.4, -0.2) is 39.1 Å². The Kier molecular flexibility index (Phi) is 4.91. The van der Waals surface area contributed by atoms with E-state index in [1.54, 1.807) is 18.1 Å². The lowest BCUT2D eigenvalue weighted by molar-refractivity contribution is -0.125. The van der Waals surface area contributed by atoms with Crippen LogP contribution in [0.2, 0.25) is 0 Å². The van der Waals surface area contributed by atoms with Gasteiger partial charge >= 0.3 is 0 Å². The molecule has 2 aromatic heterocycles. The van der Waals surface area contributed by atoms with Gasteiger partial charge in [-0.1, -0.05) is 24.7 Å². The van der Waals surface area contributed by atoms with Crippen molar-refractivity contribution in [3.63, 3.8) is 0 Å². The number of hydrogen-bond donors (Lipinski definition) is 0. The third-order valence-corrected chi connectivity index (χ3v) is 4.67. The van der Waals surface area contributed by atoms with Gasteiger partial charge in [0.05, 0.1) is 18.8 Å². The number of halogens is 2. The molecule has 0 saturated heterocycles. The van der Waals surface area contributed by atoms with Gasteiger partial charge in [0.1, 0.15) is 10.7 Å². The van der Waals surface area contributed by atoms with E-state index in [2.05, 4.69) is 10.1 Å². The van der Waals surface area contributed by atoms with Gasteiger partial charge in [0.2, 0.25) is 10.9 Å². The minimum atomic E-state index is -2.71. The van der Waals surface area contributed by atoms with Gasteiger partial charge in [-0.25, -0.2) is 18.3 Å². The predicted octanol–water partition coefficient (Wildman–Crippen LogP) is 2.94. The molecular weight excluding hydrogens is 338 g/mol. The average molecular weight is 356 g/mol. The van der Waals surface area contributed by atoms with Crippen molar-refractivity contribution in [3.8, 4) is 0 Å². The molecule has 0 aromatic carbocycles. The molecule has 3 rings (SSSR count). The molecule has 2 aromatic rings. The standard InChI is InChI=1S/C15H18F2N4O2S/c1-3-4-9-5-12(22)20(6-9)7-10-13(14(16)17)18-15-21(10)19-11(24-15)8-23-2/h5,14H,3-4,6-8H2,1-2H3. The van der Waals surface area contributed by atoms with E-state index in [1.165, 1.54) is 15.9 Å². The highest BCUT2D eigenvalue weighted by Gasteiger charge is 2.28. The molecule has 1 amide bonds. The quantitative estimate of drug-likeness (QED) is 0.765. The van der Waals surface area contributed by atoms with E-state index in [4.69, 9.17) is 4.74 Å². The van der Waals surface area contributed by atoms with Crippen molar-refractivity contribution in [2.24, 2.45) is 0 Å². The monoisotopic (exact) mass is 356 g/mol. The largest absolute Gasteiger partial charge is 0.377 e. The minimum absolute atomic E-state index is 0.0690. The molecule has 0 spiro atoms. The van der Waals surface area contributed by atoms with Crippen LogP contribution in [0.15, 0.2) is 11.6 Å². The first-order valence-electron chi connectivity index (χ1n) is 7.66. The van der Waals surface area contributed by atoms with Crippen molar-refractivity contribution < 1.29 is 18.3 Å². The molecule has 130 valence electrons. The summed E-state index contributed by atoms with van der Waals surface area (Å²) in [5.41, 5.74) is 0.979. The summed E-state index contributed by atoms with van der Waals surface area (Å²) >= 11 is 1.21. The molecule has 0 unspecified atom stereocenters. The van der Waals surface area contributed by atoms with Gasteiger partial charge < -0.3 is 9.64 Å². The number of aromatic nitrogens is 3. The number of nitrogens with zero attached hydrogens (tertiary/aromatic N) is 4. The zero-order valence-corrected chi connectivity index (χ0v) is 14.3. The fourth-order valence-corrected chi connectivity index (χ4v) is 3.66. The molecule has 0 atom stereocenters. The number of methoxy groups -OCH3 is 1. The van der Waals surface area contributed by atoms with E-state index in [9.17, 15) is 13.6 Å². The maximum absolute atomic E-state index is 13.3. The van der Waals surface area contributed by atoms with Crippen LogP contribution < -0.4 is 0 Å². The highest BCUT2D eigenvalue weighted by molar-refractivity contribution is 7.16. The zero-order chi connectivity index (χ0) is 17.3. The fraction of sp³-hybridized carbons (Fsp3) is 0.533. The van der Waals surface area contributed by atoms with Gasteiger partial charge in [-0.2, -0.15) is 5.10 Å². The Morgan fingerprint density at radius 1 is 1.46 bits per heavy atom. The van der Waals surface area contributed by atoms with Crippen molar-refractivity contribution in [1.29, 1.82) is 0 Å². The van der Waals surface area contributed by atoms with Crippen LogP contribution in [0.1, 0.15) is 42.6 Å². The van der Waals surface area contributed by atoms with Crippen LogP contribution in [0.25, 0.3) is 4.96 Å². The van der Waals surface area contributed by atoms with Crippen LogP contribution in [0.4, 0.5) is 8.78 Å². The van der Waals surface area contributed by atoms with E-state index in [-0.39, 0.29) is 23.8 Å². The topological polar surface area (TPSA) is 59.7 Å². The van der Waals surface area contributed by atoms with Gasteiger partial charge in [0, 0.05) is 19.7 Å². The van der Waals surface area contributed by atoms with Gasteiger partial charge in [0.15, 0.2) is 0 Å². The summed E-state index contributed by atoms with van der Waals surface area (Å²) in [6.07, 6.45) is 0.667. The summed E-state index contributed by atoms with van der Waals surface area (Å²) in [4.78, 5) is 18.0. The second-order valence-electron chi connectivity index (χ2n) is 5.61. The van der Waals surface area contributed by atoms with E-state index >= 15 is 0 Å². The number of imidazole rings is 1. The van der Waals surface area contributed by atoms with Crippen molar-refractivity contribution in [3.05, 3.63) is 28.0 Å². The summed E-state index contributed by atoms with van der Waals surface area (Å²) < 4.78 is 33.1. The number of alkyl halides is 2. The Labute approximate surface area is 141 Å². The minimum Gasteiger partial charge on any atom is -0.377 e. The summed E-state index contributed by atoms with van der Waals surface area (Å²) in [5.74, 6) is -0.152. The summed E-state index contributed by atoms with van der Waals surface area (Å²) in [5, 5.41) is 4.94. The first-order chi connectivity index (χ1) is 11.5. The highest BCUT2D eigenvalue weighted by atomic mass is 32.1. The fourth-order valence-electron chi connectivity index (χ4n) is 2.77.